The quantitative estimate of drug-likeness (QED) is 0.193. The number of hydrogen-bond donors (Lipinski definition) is 0. The van der Waals surface area contributed by atoms with Crippen molar-refractivity contribution in [2.75, 3.05) is 26.2 Å². The molecule has 0 bridgehead atoms. The van der Waals surface area contributed by atoms with Crippen molar-refractivity contribution in [2.24, 2.45) is 11.8 Å². The van der Waals surface area contributed by atoms with Crippen LogP contribution in [0.3, 0.4) is 0 Å². The van der Waals surface area contributed by atoms with Crippen molar-refractivity contribution in [1.82, 2.24) is 9.80 Å². The summed E-state index contributed by atoms with van der Waals surface area (Å²) in [5.74, 6) is 1.01. The number of carbonyl (C=O) groups is 2. The molecule has 44 heavy (non-hydrogen) atoms. The number of piperidine rings is 1. The third-order valence-corrected chi connectivity index (χ3v) is 9.20. The summed E-state index contributed by atoms with van der Waals surface area (Å²) in [6, 6.07) is 34.6. The molecule has 6 rings (SSSR count). The van der Waals surface area contributed by atoms with Crippen LogP contribution in [-0.2, 0) is 11.3 Å². The minimum atomic E-state index is -0.213. The van der Waals surface area contributed by atoms with Gasteiger partial charge in [0.05, 0.1) is 0 Å². The molecule has 0 radical (unpaired) electrons. The monoisotopic (exact) mass is 590 g/mol. The maximum atomic E-state index is 13.4. The van der Waals surface area contributed by atoms with E-state index in [0.29, 0.717) is 24.9 Å². The number of nitrogens with zero attached hydrogens (tertiary/aromatic N) is 2. The molecule has 1 aliphatic carbocycles. The molecular formula is C39H46N2O3. The Morgan fingerprint density at radius 2 is 1.45 bits per heavy atom. The minimum absolute atomic E-state index is 0.128. The molecule has 5 nitrogen and oxygen atoms in total. The van der Waals surface area contributed by atoms with E-state index in [1.807, 2.05) is 84.6 Å². The second kappa shape index (κ2) is 15.7. The molecule has 0 N–H and O–H groups in total. The Balaban J connectivity index is 0.000000484. The van der Waals surface area contributed by atoms with E-state index >= 15 is 0 Å². The van der Waals surface area contributed by atoms with Gasteiger partial charge in [0.15, 0.2) is 5.78 Å². The van der Waals surface area contributed by atoms with Gasteiger partial charge in [-0.1, -0.05) is 109 Å². The van der Waals surface area contributed by atoms with Crippen molar-refractivity contribution in [1.29, 1.82) is 0 Å². The SMILES string of the molecule is CCN(C(=O)OCc1ccccc1)C1CCN(CC2CCC(C(=O)c3cccc4ccccc34)C2)CC1.Cc1ccccc1. The van der Waals surface area contributed by atoms with Gasteiger partial charge in [-0.05, 0) is 68.2 Å². The van der Waals surface area contributed by atoms with Crippen molar-refractivity contribution in [3.8, 4) is 0 Å². The molecule has 4 aromatic rings. The summed E-state index contributed by atoms with van der Waals surface area (Å²) < 4.78 is 5.61. The fraction of sp³-hybridized carbons (Fsp3) is 0.385. The largest absolute Gasteiger partial charge is 0.445 e. The topological polar surface area (TPSA) is 49.9 Å². The molecule has 2 unspecified atom stereocenters. The van der Waals surface area contributed by atoms with Gasteiger partial charge >= 0.3 is 6.09 Å². The van der Waals surface area contributed by atoms with Gasteiger partial charge in [0.25, 0.3) is 0 Å². The number of carbonyl (C=O) groups excluding carboxylic acids is 2. The summed E-state index contributed by atoms with van der Waals surface area (Å²) >= 11 is 0. The third kappa shape index (κ3) is 8.35. The summed E-state index contributed by atoms with van der Waals surface area (Å²) in [7, 11) is 0. The van der Waals surface area contributed by atoms with E-state index in [2.05, 4.69) is 42.2 Å². The van der Waals surface area contributed by atoms with Gasteiger partial charge in [0.2, 0.25) is 0 Å². The zero-order valence-electron chi connectivity index (χ0n) is 26.2. The van der Waals surface area contributed by atoms with Crippen LogP contribution in [0.4, 0.5) is 4.79 Å². The van der Waals surface area contributed by atoms with Crippen LogP contribution in [0.2, 0.25) is 0 Å². The van der Waals surface area contributed by atoms with E-state index in [9.17, 15) is 9.59 Å². The summed E-state index contributed by atoms with van der Waals surface area (Å²) in [4.78, 5) is 30.6. The number of ketones is 1. The van der Waals surface area contributed by atoms with Gasteiger partial charge in [0, 0.05) is 43.7 Å². The van der Waals surface area contributed by atoms with Crippen LogP contribution in [0.25, 0.3) is 10.8 Å². The Labute approximate surface area is 262 Å². The van der Waals surface area contributed by atoms with Crippen LogP contribution in [0.1, 0.15) is 60.5 Å². The molecule has 1 saturated carbocycles. The predicted molar refractivity (Wildman–Crippen MR) is 179 cm³/mol. The van der Waals surface area contributed by atoms with Crippen molar-refractivity contribution >= 4 is 22.6 Å². The predicted octanol–water partition coefficient (Wildman–Crippen LogP) is 8.56. The molecule has 2 fully saturated rings. The molecular weight excluding hydrogens is 544 g/mol. The molecule has 2 aliphatic rings. The Morgan fingerprint density at radius 1 is 0.795 bits per heavy atom. The standard InChI is InChI=1S/C32H38N2O3.C7H8/c1-2-34(32(36)37-23-24-9-4-3-5-10-24)28-17-19-33(20-18-28)22-25-15-16-27(21-25)31(35)30-14-8-12-26-11-6-7-13-29(26)30;1-7-5-3-2-4-6-7/h3-14,25,27-28H,2,15-23H2,1H3;2-6H,1H3. The Kier molecular flexibility index (Phi) is 11.2. The van der Waals surface area contributed by atoms with E-state index in [4.69, 9.17) is 4.74 Å². The van der Waals surface area contributed by atoms with E-state index < -0.39 is 0 Å². The number of fused-ring (bicyclic) bond motifs is 1. The van der Waals surface area contributed by atoms with Crippen molar-refractivity contribution in [3.05, 3.63) is 120 Å². The number of likely N-dealkylation sites (tertiary alicyclic amines) is 1. The first-order valence-corrected chi connectivity index (χ1v) is 16.2. The summed E-state index contributed by atoms with van der Waals surface area (Å²) in [6.45, 7) is 8.13. The van der Waals surface area contributed by atoms with E-state index in [1.165, 1.54) is 5.56 Å². The van der Waals surface area contributed by atoms with Gasteiger partial charge in [-0.15, -0.1) is 0 Å². The number of aryl methyl sites for hydroxylation is 1. The number of hydrogen-bond acceptors (Lipinski definition) is 4. The van der Waals surface area contributed by atoms with Crippen LogP contribution in [-0.4, -0.2) is 53.9 Å². The second-order valence-corrected chi connectivity index (χ2v) is 12.3. The van der Waals surface area contributed by atoms with Crippen molar-refractivity contribution < 1.29 is 14.3 Å². The number of benzene rings is 4. The fourth-order valence-corrected chi connectivity index (χ4v) is 6.79. The normalized spacial score (nSPS) is 18.8. The van der Waals surface area contributed by atoms with Gasteiger partial charge in [-0.3, -0.25) is 4.79 Å². The number of amides is 1. The summed E-state index contributed by atoms with van der Waals surface area (Å²) in [5.41, 5.74) is 3.21. The van der Waals surface area contributed by atoms with Crippen LogP contribution in [0.5, 0.6) is 0 Å². The molecule has 0 spiro atoms. The lowest BCUT2D eigenvalue weighted by Crippen LogP contribution is -2.48. The number of rotatable bonds is 8. The molecule has 1 amide bonds. The lowest BCUT2D eigenvalue weighted by molar-refractivity contribution is 0.0606. The molecule has 1 heterocycles. The Bertz CT molecular complexity index is 1480. The number of Topliss-reactive ketones (excluding diaryl/α,β-unsaturated/α-hetero) is 1. The molecule has 1 saturated heterocycles. The minimum Gasteiger partial charge on any atom is -0.445 e. The zero-order chi connectivity index (χ0) is 30.7. The summed E-state index contributed by atoms with van der Waals surface area (Å²) in [6.07, 6.45) is 4.82. The van der Waals surface area contributed by atoms with Crippen LogP contribution >= 0.6 is 0 Å². The van der Waals surface area contributed by atoms with Crippen molar-refractivity contribution in [3.63, 3.8) is 0 Å². The highest BCUT2D eigenvalue weighted by Crippen LogP contribution is 2.35. The molecule has 0 aromatic heterocycles. The van der Waals surface area contributed by atoms with Crippen LogP contribution in [0.15, 0.2) is 103 Å². The van der Waals surface area contributed by atoms with Crippen LogP contribution < -0.4 is 0 Å². The first-order chi connectivity index (χ1) is 21.5. The first-order valence-electron chi connectivity index (χ1n) is 16.2. The van der Waals surface area contributed by atoms with E-state index in [0.717, 1.165) is 73.6 Å². The maximum absolute atomic E-state index is 13.4. The third-order valence-electron chi connectivity index (χ3n) is 9.20. The van der Waals surface area contributed by atoms with Crippen LogP contribution in [0, 0.1) is 18.8 Å². The van der Waals surface area contributed by atoms with Gasteiger partial charge in [-0.25, -0.2) is 4.79 Å². The van der Waals surface area contributed by atoms with Crippen molar-refractivity contribution in [2.45, 2.75) is 58.6 Å². The first kappa shape index (κ1) is 31.5. The molecule has 1 aliphatic heterocycles. The van der Waals surface area contributed by atoms with Gasteiger partial charge in [-0.2, -0.15) is 0 Å². The second-order valence-electron chi connectivity index (χ2n) is 12.3. The highest BCUT2D eigenvalue weighted by atomic mass is 16.6. The molecule has 5 heteroatoms. The molecule has 2 atom stereocenters. The van der Waals surface area contributed by atoms with E-state index in [1.54, 1.807) is 0 Å². The average Bonchev–Trinajstić information content (AvgIpc) is 3.54. The lowest BCUT2D eigenvalue weighted by Gasteiger charge is -2.38. The highest BCUT2D eigenvalue weighted by Gasteiger charge is 2.34. The Morgan fingerprint density at radius 3 is 2.14 bits per heavy atom. The average molecular weight is 591 g/mol. The zero-order valence-corrected chi connectivity index (χ0v) is 26.2. The molecule has 230 valence electrons. The molecule has 4 aromatic carbocycles. The number of ether oxygens (including phenoxy) is 1. The summed E-state index contributed by atoms with van der Waals surface area (Å²) in [5, 5.41) is 2.21. The van der Waals surface area contributed by atoms with E-state index in [-0.39, 0.29) is 18.1 Å². The Hall–Kier alpha value is -3.96. The maximum Gasteiger partial charge on any atom is 0.410 e. The fourth-order valence-electron chi connectivity index (χ4n) is 6.79. The smallest absolute Gasteiger partial charge is 0.410 e. The van der Waals surface area contributed by atoms with Gasteiger partial charge in [0.1, 0.15) is 6.61 Å². The lowest BCUT2D eigenvalue weighted by atomic mass is 9.91. The van der Waals surface area contributed by atoms with Gasteiger partial charge < -0.3 is 14.5 Å². The highest BCUT2D eigenvalue weighted by molar-refractivity contribution is 6.09.